The highest BCUT2D eigenvalue weighted by atomic mass is 79.9. The molecule has 1 N–H and O–H groups in total. The molecule has 1 aromatic carbocycles. The predicted molar refractivity (Wildman–Crippen MR) is 96.9 cm³/mol. The van der Waals surface area contributed by atoms with Crippen LogP contribution in [0, 0.1) is 0 Å². The second-order valence-corrected chi connectivity index (χ2v) is 6.81. The lowest BCUT2D eigenvalue weighted by atomic mass is 10.2. The Hall–Kier alpha value is -1.47. The summed E-state index contributed by atoms with van der Waals surface area (Å²) in [6, 6.07) is 8.31. The Balaban J connectivity index is 1.72. The van der Waals surface area contributed by atoms with Gasteiger partial charge in [0.25, 0.3) is 0 Å². The summed E-state index contributed by atoms with van der Waals surface area (Å²) in [7, 11) is 0. The van der Waals surface area contributed by atoms with E-state index in [1.807, 2.05) is 24.3 Å². The molecule has 1 fully saturated rings. The lowest BCUT2D eigenvalue weighted by Crippen LogP contribution is -2.41. The van der Waals surface area contributed by atoms with E-state index in [1.54, 1.807) is 0 Å². The molecule has 0 spiro atoms. The van der Waals surface area contributed by atoms with Crippen molar-refractivity contribution in [2.24, 2.45) is 0 Å². The summed E-state index contributed by atoms with van der Waals surface area (Å²) in [6.45, 7) is 3.56. The van der Waals surface area contributed by atoms with Crippen molar-refractivity contribution in [2.45, 2.75) is 38.8 Å². The molecule has 1 aromatic heterocycles. The SMILES string of the molecule is CCCNC(=S)N(Cc1nnc(-c2ccccc2Br)o1)C1CC1. The highest BCUT2D eigenvalue weighted by Gasteiger charge is 2.32. The third-order valence-corrected chi connectivity index (χ3v) is 4.72. The van der Waals surface area contributed by atoms with E-state index in [1.165, 1.54) is 12.8 Å². The normalized spacial score (nSPS) is 13.8. The number of rotatable bonds is 6. The van der Waals surface area contributed by atoms with Crippen molar-refractivity contribution in [1.29, 1.82) is 0 Å². The number of hydrogen-bond donors (Lipinski definition) is 1. The maximum Gasteiger partial charge on any atom is 0.248 e. The molecule has 0 amide bonds. The van der Waals surface area contributed by atoms with Crippen molar-refractivity contribution in [3.05, 3.63) is 34.6 Å². The molecule has 23 heavy (non-hydrogen) atoms. The van der Waals surface area contributed by atoms with Gasteiger partial charge in [-0.25, -0.2) is 0 Å². The molecule has 0 aliphatic heterocycles. The summed E-state index contributed by atoms with van der Waals surface area (Å²) in [5.41, 5.74) is 0.899. The van der Waals surface area contributed by atoms with E-state index in [0.717, 1.165) is 28.1 Å². The van der Waals surface area contributed by atoms with Gasteiger partial charge in [0.15, 0.2) is 5.11 Å². The number of halogens is 1. The molecule has 1 aliphatic carbocycles. The lowest BCUT2D eigenvalue weighted by Gasteiger charge is -2.23. The van der Waals surface area contributed by atoms with Crippen LogP contribution in [0.1, 0.15) is 32.1 Å². The molecule has 122 valence electrons. The molecule has 0 bridgehead atoms. The van der Waals surface area contributed by atoms with E-state index in [2.05, 4.69) is 43.3 Å². The first-order valence-corrected chi connectivity index (χ1v) is 9.01. The quantitative estimate of drug-likeness (QED) is 0.752. The van der Waals surface area contributed by atoms with Gasteiger partial charge in [0, 0.05) is 17.1 Å². The van der Waals surface area contributed by atoms with Crippen molar-refractivity contribution >= 4 is 33.3 Å². The van der Waals surface area contributed by atoms with Gasteiger partial charge < -0.3 is 14.6 Å². The van der Waals surface area contributed by atoms with Gasteiger partial charge in [0.2, 0.25) is 11.8 Å². The van der Waals surface area contributed by atoms with Crippen LogP contribution in [0.3, 0.4) is 0 Å². The number of benzene rings is 1. The second-order valence-electron chi connectivity index (χ2n) is 5.57. The Kier molecular flexibility index (Phi) is 5.27. The zero-order valence-electron chi connectivity index (χ0n) is 13.0. The Bertz CT molecular complexity index is 686. The van der Waals surface area contributed by atoms with Crippen LogP contribution >= 0.6 is 28.1 Å². The smallest absolute Gasteiger partial charge is 0.248 e. The molecule has 0 saturated heterocycles. The van der Waals surface area contributed by atoms with Gasteiger partial charge in [-0.1, -0.05) is 19.1 Å². The molecule has 7 heteroatoms. The van der Waals surface area contributed by atoms with Crippen molar-refractivity contribution in [2.75, 3.05) is 6.54 Å². The fourth-order valence-electron chi connectivity index (χ4n) is 2.29. The van der Waals surface area contributed by atoms with Crippen LogP contribution in [-0.4, -0.2) is 32.8 Å². The average Bonchev–Trinajstić information content (AvgIpc) is 3.29. The standard InChI is InChI=1S/C16H19BrN4OS/c1-2-9-18-16(23)21(11-7-8-11)10-14-19-20-15(22-14)12-5-3-4-6-13(12)17/h3-6,11H,2,7-10H2,1H3,(H,18,23). The summed E-state index contributed by atoms with van der Waals surface area (Å²) in [5, 5.41) is 12.4. The highest BCUT2D eigenvalue weighted by molar-refractivity contribution is 9.10. The van der Waals surface area contributed by atoms with Crippen molar-refractivity contribution < 1.29 is 4.42 Å². The number of nitrogens with zero attached hydrogens (tertiary/aromatic N) is 3. The van der Waals surface area contributed by atoms with Crippen LogP contribution in [0.2, 0.25) is 0 Å². The fourth-order valence-corrected chi connectivity index (χ4v) is 3.06. The number of thiocarbonyl (C=S) groups is 1. The molecule has 0 radical (unpaired) electrons. The fraction of sp³-hybridized carbons (Fsp3) is 0.438. The summed E-state index contributed by atoms with van der Waals surface area (Å²) in [4.78, 5) is 2.16. The molecule has 0 unspecified atom stereocenters. The first-order chi connectivity index (χ1) is 11.2. The molecule has 1 saturated carbocycles. The van der Waals surface area contributed by atoms with E-state index in [9.17, 15) is 0 Å². The second kappa shape index (κ2) is 7.40. The maximum atomic E-state index is 5.83. The minimum absolute atomic E-state index is 0.491. The molecule has 3 rings (SSSR count). The topological polar surface area (TPSA) is 54.2 Å². The van der Waals surface area contributed by atoms with Gasteiger partial charge in [-0.15, -0.1) is 10.2 Å². The van der Waals surface area contributed by atoms with Crippen LogP contribution in [-0.2, 0) is 6.54 Å². The summed E-state index contributed by atoms with van der Waals surface area (Å²) in [5.74, 6) is 1.11. The molecule has 1 heterocycles. The third-order valence-electron chi connectivity index (χ3n) is 3.65. The van der Waals surface area contributed by atoms with Crippen LogP contribution in [0.25, 0.3) is 11.5 Å². The van der Waals surface area contributed by atoms with Crippen LogP contribution in [0.5, 0.6) is 0 Å². The van der Waals surface area contributed by atoms with E-state index >= 15 is 0 Å². The van der Waals surface area contributed by atoms with Crippen LogP contribution in [0.4, 0.5) is 0 Å². The Morgan fingerprint density at radius 2 is 2.17 bits per heavy atom. The van der Waals surface area contributed by atoms with E-state index in [-0.39, 0.29) is 0 Å². The Labute approximate surface area is 149 Å². The van der Waals surface area contributed by atoms with Crippen molar-refractivity contribution in [3.63, 3.8) is 0 Å². The van der Waals surface area contributed by atoms with E-state index < -0.39 is 0 Å². The first-order valence-electron chi connectivity index (χ1n) is 7.80. The van der Waals surface area contributed by atoms with Crippen LogP contribution < -0.4 is 5.32 Å². The molecular formula is C16H19BrN4OS. The number of hydrogen-bond acceptors (Lipinski definition) is 4. The van der Waals surface area contributed by atoms with E-state index in [0.29, 0.717) is 24.4 Å². The zero-order valence-corrected chi connectivity index (χ0v) is 15.4. The van der Waals surface area contributed by atoms with Crippen molar-refractivity contribution in [1.82, 2.24) is 20.4 Å². The largest absolute Gasteiger partial charge is 0.419 e. The first kappa shape index (κ1) is 16.4. The number of nitrogens with one attached hydrogen (secondary N) is 1. The summed E-state index contributed by atoms with van der Waals surface area (Å²) in [6.07, 6.45) is 3.38. The Morgan fingerprint density at radius 1 is 1.39 bits per heavy atom. The van der Waals surface area contributed by atoms with Gasteiger partial charge in [-0.05, 0) is 59.5 Å². The summed E-state index contributed by atoms with van der Waals surface area (Å²) >= 11 is 9.00. The van der Waals surface area contributed by atoms with Crippen LogP contribution in [0.15, 0.2) is 33.2 Å². The monoisotopic (exact) mass is 394 g/mol. The third kappa shape index (κ3) is 4.09. The van der Waals surface area contributed by atoms with Gasteiger partial charge in [0.05, 0.1) is 12.1 Å². The lowest BCUT2D eigenvalue weighted by molar-refractivity contribution is 0.343. The van der Waals surface area contributed by atoms with Gasteiger partial charge in [-0.2, -0.15) is 0 Å². The average molecular weight is 395 g/mol. The molecule has 0 atom stereocenters. The van der Waals surface area contributed by atoms with Crippen molar-refractivity contribution in [3.8, 4) is 11.5 Å². The minimum atomic E-state index is 0.491. The van der Waals surface area contributed by atoms with E-state index in [4.69, 9.17) is 16.6 Å². The minimum Gasteiger partial charge on any atom is -0.419 e. The molecular weight excluding hydrogens is 376 g/mol. The molecule has 5 nitrogen and oxygen atoms in total. The van der Waals surface area contributed by atoms with Gasteiger partial charge >= 0.3 is 0 Å². The molecule has 1 aliphatic rings. The summed E-state index contributed by atoms with van der Waals surface area (Å²) < 4.78 is 6.77. The highest BCUT2D eigenvalue weighted by Crippen LogP contribution is 2.30. The molecule has 2 aromatic rings. The zero-order chi connectivity index (χ0) is 16.2. The Morgan fingerprint density at radius 3 is 2.87 bits per heavy atom. The number of aromatic nitrogens is 2. The van der Waals surface area contributed by atoms with Gasteiger partial charge in [0.1, 0.15) is 0 Å². The van der Waals surface area contributed by atoms with Gasteiger partial charge in [-0.3, -0.25) is 0 Å². The predicted octanol–water partition coefficient (Wildman–Crippen LogP) is 3.75. The maximum absolute atomic E-state index is 5.83.